The standard InChI is InChI=1S/C14H22N2O/c1-4-16-14(17)13-7-5-6-12(10-13)11(2)8-9-15-3/h5-7,10-11,15H,4,8-9H2,1-3H3,(H,16,17). The minimum Gasteiger partial charge on any atom is -0.352 e. The van der Waals surface area contributed by atoms with E-state index in [1.807, 2.05) is 32.2 Å². The molecule has 0 spiro atoms. The summed E-state index contributed by atoms with van der Waals surface area (Å²) in [6, 6.07) is 7.89. The summed E-state index contributed by atoms with van der Waals surface area (Å²) in [4.78, 5) is 11.7. The maximum Gasteiger partial charge on any atom is 0.251 e. The van der Waals surface area contributed by atoms with Crippen LogP contribution in [0.4, 0.5) is 0 Å². The van der Waals surface area contributed by atoms with Crippen LogP contribution in [0.25, 0.3) is 0 Å². The molecule has 1 rings (SSSR count). The Morgan fingerprint density at radius 1 is 1.41 bits per heavy atom. The normalized spacial score (nSPS) is 12.2. The molecular weight excluding hydrogens is 212 g/mol. The van der Waals surface area contributed by atoms with Crippen LogP contribution in [-0.2, 0) is 0 Å². The Balaban J connectivity index is 2.74. The maximum atomic E-state index is 11.7. The van der Waals surface area contributed by atoms with Gasteiger partial charge in [-0.2, -0.15) is 0 Å². The second-order valence-corrected chi connectivity index (χ2v) is 4.28. The molecule has 1 amide bonds. The van der Waals surface area contributed by atoms with E-state index in [4.69, 9.17) is 0 Å². The lowest BCUT2D eigenvalue weighted by molar-refractivity contribution is 0.0955. The third-order valence-corrected chi connectivity index (χ3v) is 2.88. The topological polar surface area (TPSA) is 41.1 Å². The molecule has 94 valence electrons. The zero-order valence-corrected chi connectivity index (χ0v) is 10.9. The van der Waals surface area contributed by atoms with Crippen LogP contribution >= 0.6 is 0 Å². The number of carbonyl (C=O) groups excluding carboxylic acids is 1. The second kappa shape index (κ2) is 7.07. The van der Waals surface area contributed by atoms with Crippen LogP contribution in [0.2, 0.25) is 0 Å². The zero-order chi connectivity index (χ0) is 12.7. The van der Waals surface area contributed by atoms with E-state index in [0.717, 1.165) is 18.5 Å². The molecule has 1 aromatic carbocycles. The molecule has 0 aliphatic heterocycles. The zero-order valence-electron chi connectivity index (χ0n) is 10.9. The van der Waals surface area contributed by atoms with Gasteiger partial charge in [0.1, 0.15) is 0 Å². The summed E-state index contributed by atoms with van der Waals surface area (Å²) in [5.41, 5.74) is 1.98. The molecular formula is C14H22N2O. The van der Waals surface area contributed by atoms with Crippen LogP contribution in [0.1, 0.15) is 42.1 Å². The lowest BCUT2D eigenvalue weighted by Gasteiger charge is -2.12. The molecule has 0 saturated heterocycles. The average Bonchev–Trinajstić information content (AvgIpc) is 2.36. The van der Waals surface area contributed by atoms with Crippen LogP contribution in [0, 0.1) is 0 Å². The van der Waals surface area contributed by atoms with Gasteiger partial charge >= 0.3 is 0 Å². The highest BCUT2D eigenvalue weighted by Crippen LogP contribution is 2.19. The van der Waals surface area contributed by atoms with Gasteiger partial charge in [-0.1, -0.05) is 19.1 Å². The van der Waals surface area contributed by atoms with E-state index < -0.39 is 0 Å². The van der Waals surface area contributed by atoms with Crippen LogP contribution in [-0.4, -0.2) is 26.0 Å². The Morgan fingerprint density at radius 2 is 2.18 bits per heavy atom. The van der Waals surface area contributed by atoms with Crippen molar-refractivity contribution >= 4 is 5.91 Å². The molecule has 1 aromatic rings. The lowest BCUT2D eigenvalue weighted by Crippen LogP contribution is -2.22. The van der Waals surface area contributed by atoms with Crippen molar-refractivity contribution in [2.45, 2.75) is 26.2 Å². The third kappa shape index (κ3) is 4.19. The molecule has 0 aliphatic carbocycles. The Labute approximate surface area is 104 Å². The number of rotatable bonds is 6. The highest BCUT2D eigenvalue weighted by Gasteiger charge is 2.08. The summed E-state index contributed by atoms with van der Waals surface area (Å²) in [5.74, 6) is 0.479. The fourth-order valence-corrected chi connectivity index (χ4v) is 1.78. The molecule has 17 heavy (non-hydrogen) atoms. The predicted molar refractivity (Wildman–Crippen MR) is 71.4 cm³/mol. The maximum absolute atomic E-state index is 11.7. The van der Waals surface area contributed by atoms with Crippen LogP contribution < -0.4 is 10.6 Å². The largest absolute Gasteiger partial charge is 0.352 e. The van der Waals surface area contributed by atoms with E-state index in [0.29, 0.717) is 12.5 Å². The van der Waals surface area contributed by atoms with Crippen LogP contribution in [0.15, 0.2) is 24.3 Å². The van der Waals surface area contributed by atoms with Crippen molar-refractivity contribution in [3.05, 3.63) is 35.4 Å². The number of nitrogens with one attached hydrogen (secondary N) is 2. The summed E-state index contributed by atoms with van der Waals surface area (Å²) < 4.78 is 0. The number of amides is 1. The van der Waals surface area contributed by atoms with Gasteiger partial charge in [0.15, 0.2) is 0 Å². The van der Waals surface area contributed by atoms with Gasteiger partial charge in [-0.3, -0.25) is 4.79 Å². The van der Waals surface area contributed by atoms with Crippen molar-refractivity contribution in [1.82, 2.24) is 10.6 Å². The van der Waals surface area contributed by atoms with Gasteiger partial charge in [-0.15, -0.1) is 0 Å². The monoisotopic (exact) mass is 234 g/mol. The van der Waals surface area contributed by atoms with Crippen molar-refractivity contribution in [3.63, 3.8) is 0 Å². The quantitative estimate of drug-likeness (QED) is 0.792. The first-order chi connectivity index (χ1) is 8.19. The highest BCUT2D eigenvalue weighted by molar-refractivity contribution is 5.94. The number of hydrogen-bond donors (Lipinski definition) is 2. The fraction of sp³-hybridized carbons (Fsp3) is 0.500. The minimum atomic E-state index is 0.00941. The van der Waals surface area contributed by atoms with E-state index in [-0.39, 0.29) is 5.91 Å². The van der Waals surface area contributed by atoms with E-state index in [1.54, 1.807) is 0 Å². The van der Waals surface area contributed by atoms with Crippen molar-refractivity contribution < 1.29 is 4.79 Å². The first kappa shape index (κ1) is 13.7. The number of hydrogen-bond acceptors (Lipinski definition) is 2. The van der Waals surface area contributed by atoms with Crippen molar-refractivity contribution in [3.8, 4) is 0 Å². The van der Waals surface area contributed by atoms with Crippen molar-refractivity contribution in [2.75, 3.05) is 20.1 Å². The van der Waals surface area contributed by atoms with Crippen LogP contribution in [0.3, 0.4) is 0 Å². The minimum absolute atomic E-state index is 0.00941. The first-order valence-electron chi connectivity index (χ1n) is 6.21. The Bertz CT molecular complexity index is 363. The molecule has 0 bridgehead atoms. The summed E-state index contributed by atoms with van der Waals surface area (Å²) in [5, 5.41) is 5.97. The number of carbonyl (C=O) groups is 1. The van der Waals surface area contributed by atoms with E-state index in [9.17, 15) is 4.79 Å². The Morgan fingerprint density at radius 3 is 2.82 bits per heavy atom. The summed E-state index contributed by atoms with van der Waals surface area (Å²) in [7, 11) is 1.96. The molecule has 3 heteroatoms. The van der Waals surface area contributed by atoms with Gasteiger partial charge in [0.25, 0.3) is 5.91 Å². The Kier molecular flexibility index (Phi) is 5.70. The molecule has 2 N–H and O–H groups in total. The second-order valence-electron chi connectivity index (χ2n) is 4.28. The van der Waals surface area contributed by atoms with E-state index in [1.165, 1.54) is 5.56 Å². The molecule has 0 aliphatic rings. The first-order valence-corrected chi connectivity index (χ1v) is 6.21. The molecule has 1 unspecified atom stereocenters. The van der Waals surface area contributed by atoms with Crippen molar-refractivity contribution in [2.24, 2.45) is 0 Å². The summed E-state index contributed by atoms with van der Waals surface area (Å²) >= 11 is 0. The number of benzene rings is 1. The molecule has 1 atom stereocenters. The van der Waals surface area contributed by atoms with Gasteiger partial charge in [0, 0.05) is 12.1 Å². The van der Waals surface area contributed by atoms with Gasteiger partial charge in [0.05, 0.1) is 0 Å². The smallest absolute Gasteiger partial charge is 0.251 e. The summed E-state index contributed by atoms with van der Waals surface area (Å²) in [6.07, 6.45) is 1.08. The Hall–Kier alpha value is -1.35. The lowest BCUT2D eigenvalue weighted by atomic mass is 9.96. The third-order valence-electron chi connectivity index (χ3n) is 2.88. The van der Waals surface area contributed by atoms with E-state index in [2.05, 4.69) is 23.6 Å². The molecule has 0 radical (unpaired) electrons. The molecule has 0 heterocycles. The van der Waals surface area contributed by atoms with Crippen LogP contribution in [0.5, 0.6) is 0 Å². The molecule has 0 aromatic heterocycles. The average molecular weight is 234 g/mol. The highest BCUT2D eigenvalue weighted by atomic mass is 16.1. The van der Waals surface area contributed by atoms with Gasteiger partial charge in [-0.05, 0) is 50.6 Å². The molecule has 0 fully saturated rings. The molecule has 0 saturated carbocycles. The van der Waals surface area contributed by atoms with Gasteiger partial charge in [-0.25, -0.2) is 0 Å². The molecule has 3 nitrogen and oxygen atoms in total. The van der Waals surface area contributed by atoms with Gasteiger partial charge < -0.3 is 10.6 Å². The SMILES string of the molecule is CCNC(=O)c1cccc(C(C)CCNC)c1. The van der Waals surface area contributed by atoms with E-state index >= 15 is 0 Å². The summed E-state index contributed by atoms with van der Waals surface area (Å²) in [6.45, 7) is 5.77. The fourth-order valence-electron chi connectivity index (χ4n) is 1.78. The van der Waals surface area contributed by atoms with Gasteiger partial charge in [0.2, 0.25) is 0 Å². The van der Waals surface area contributed by atoms with Crippen molar-refractivity contribution in [1.29, 1.82) is 0 Å². The predicted octanol–water partition coefficient (Wildman–Crippen LogP) is 2.15.